The van der Waals surface area contributed by atoms with Crippen molar-refractivity contribution in [2.24, 2.45) is 0 Å². The summed E-state index contributed by atoms with van der Waals surface area (Å²) in [5.41, 5.74) is 2.61. The zero-order chi connectivity index (χ0) is 26.7. The van der Waals surface area contributed by atoms with Gasteiger partial charge in [0.05, 0.1) is 20.8 Å². The lowest BCUT2D eigenvalue weighted by molar-refractivity contribution is -0.123. The molecule has 3 aromatic rings. The number of ether oxygens (including phenoxy) is 3. The number of rotatable bonds is 8. The van der Waals surface area contributed by atoms with E-state index in [1.165, 1.54) is 32.4 Å². The monoisotopic (exact) mass is 588 g/mol. The SMILES string of the molecule is COC(=O)c1ccc(CN2C(=O)N/C(=C\c3cc(OC)c(OCc4ccc(C)cc4)c(Cl)c3Br)C2=O)o1. The Kier molecular flexibility index (Phi) is 7.89. The van der Waals surface area contributed by atoms with E-state index in [1.807, 2.05) is 31.2 Å². The van der Waals surface area contributed by atoms with Gasteiger partial charge in [-0.25, -0.2) is 9.59 Å². The van der Waals surface area contributed by atoms with Gasteiger partial charge in [-0.15, -0.1) is 0 Å². The summed E-state index contributed by atoms with van der Waals surface area (Å²) < 4.78 is 21.8. The number of imide groups is 1. The molecule has 1 N–H and O–H groups in total. The Morgan fingerprint density at radius 3 is 2.57 bits per heavy atom. The molecule has 0 radical (unpaired) electrons. The van der Waals surface area contributed by atoms with Crippen LogP contribution in [-0.4, -0.2) is 37.0 Å². The van der Waals surface area contributed by atoms with Gasteiger partial charge >= 0.3 is 12.0 Å². The molecule has 11 heteroatoms. The summed E-state index contributed by atoms with van der Waals surface area (Å²) in [7, 11) is 2.70. The van der Waals surface area contributed by atoms with Gasteiger partial charge in [0.2, 0.25) is 5.76 Å². The van der Waals surface area contributed by atoms with Gasteiger partial charge < -0.3 is 23.9 Å². The number of carbonyl (C=O) groups excluding carboxylic acids is 3. The lowest BCUT2D eigenvalue weighted by Gasteiger charge is -2.15. The first kappa shape index (κ1) is 26.3. The van der Waals surface area contributed by atoms with Crippen molar-refractivity contribution in [3.05, 3.63) is 85.9 Å². The Bertz CT molecular complexity index is 1400. The lowest BCUT2D eigenvalue weighted by atomic mass is 10.1. The molecule has 2 heterocycles. The normalized spacial score (nSPS) is 14.2. The highest BCUT2D eigenvalue weighted by Crippen LogP contribution is 2.43. The van der Waals surface area contributed by atoms with E-state index >= 15 is 0 Å². The van der Waals surface area contributed by atoms with Crippen LogP contribution in [0.3, 0.4) is 0 Å². The minimum Gasteiger partial charge on any atom is -0.493 e. The van der Waals surface area contributed by atoms with Crippen LogP contribution in [0.15, 0.2) is 57.1 Å². The number of halogens is 2. The van der Waals surface area contributed by atoms with Crippen LogP contribution in [0, 0.1) is 6.92 Å². The fourth-order valence-electron chi connectivity index (χ4n) is 3.54. The Labute approximate surface area is 226 Å². The van der Waals surface area contributed by atoms with E-state index < -0.39 is 17.9 Å². The fourth-order valence-corrected chi connectivity index (χ4v) is 4.20. The van der Waals surface area contributed by atoms with Crippen LogP contribution in [-0.2, 0) is 22.7 Å². The first-order chi connectivity index (χ1) is 17.7. The van der Waals surface area contributed by atoms with Gasteiger partial charge in [0.1, 0.15) is 23.1 Å². The summed E-state index contributed by atoms with van der Waals surface area (Å²) in [6.07, 6.45) is 1.48. The highest BCUT2D eigenvalue weighted by atomic mass is 79.9. The number of methoxy groups -OCH3 is 2. The third-order valence-electron chi connectivity index (χ3n) is 5.50. The average molecular weight is 590 g/mol. The second-order valence-corrected chi connectivity index (χ2v) is 9.21. The van der Waals surface area contributed by atoms with Crippen molar-refractivity contribution in [2.45, 2.75) is 20.1 Å². The summed E-state index contributed by atoms with van der Waals surface area (Å²) in [6.45, 7) is 2.11. The fraction of sp³-hybridized carbons (Fsp3) is 0.192. The molecule has 1 fully saturated rings. The molecule has 4 rings (SSSR count). The van der Waals surface area contributed by atoms with Gasteiger partial charge in [-0.05, 0) is 58.3 Å². The molecule has 2 aromatic carbocycles. The summed E-state index contributed by atoms with van der Waals surface area (Å²) in [6, 6.07) is 11.8. The van der Waals surface area contributed by atoms with Crippen molar-refractivity contribution in [2.75, 3.05) is 14.2 Å². The number of amides is 3. The van der Waals surface area contributed by atoms with Crippen molar-refractivity contribution < 1.29 is 33.0 Å². The molecule has 0 unspecified atom stereocenters. The third kappa shape index (κ3) is 5.65. The summed E-state index contributed by atoms with van der Waals surface area (Å²) >= 11 is 10.0. The number of benzene rings is 2. The third-order valence-corrected chi connectivity index (χ3v) is 6.95. The Morgan fingerprint density at radius 1 is 1.16 bits per heavy atom. The van der Waals surface area contributed by atoms with Crippen LogP contribution in [0.5, 0.6) is 11.5 Å². The van der Waals surface area contributed by atoms with E-state index in [9.17, 15) is 14.4 Å². The van der Waals surface area contributed by atoms with Gasteiger partial charge in [0.15, 0.2) is 11.5 Å². The molecule has 3 amide bonds. The van der Waals surface area contributed by atoms with Crippen LogP contribution in [0.1, 0.15) is 33.0 Å². The minimum atomic E-state index is -0.661. The predicted molar refractivity (Wildman–Crippen MR) is 138 cm³/mol. The standard InChI is InChI=1S/C26H22BrClN2O7/c1-14-4-6-15(7-5-14)13-36-23-20(34-2)11-16(21(27)22(23)28)10-18-24(31)30(26(33)29-18)12-17-8-9-19(37-17)25(32)35-3/h4-11H,12-13H2,1-3H3,(H,29,33)/b18-10-. The smallest absolute Gasteiger partial charge is 0.373 e. The molecule has 1 aliphatic heterocycles. The van der Waals surface area contributed by atoms with E-state index in [0.717, 1.165) is 16.0 Å². The molecule has 0 spiro atoms. The van der Waals surface area contributed by atoms with Crippen LogP contribution in [0.2, 0.25) is 5.02 Å². The predicted octanol–water partition coefficient (Wildman–Crippen LogP) is 5.47. The highest BCUT2D eigenvalue weighted by Gasteiger charge is 2.35. The molecule has 0 bridgehead atoms. The molecule has 1 aliphatic rings. The van der Waals surface area contributed by atoms with Gasteiger partial charge in [-0.1, -0.05) is 41.4 Å². The summed E-state index contributed by atoms with van der Waals surface area (Å²) in [4.78, 5) is 38.0. The number of hydrogen-bond donors (Lipinski definition) is 1. The second-order valence-electron chi connectivity index (χ2n) is 8.04. The number of hydrogen-bond acceptors (Lipinski definition) is 7. The molecule has 0 atom stereocenters. The maximum atomic E-state index is 13.0. The molecule has 0 saturated carbocycles. The van der Waals surface area contributed by atoms with E-state index in [4.69, 9.17) is 25.5 Å². The molecule has 1 saturated heterocycles. The van der Waals surface area contributed by atoms with Crippen LogP contribution in [0.25, 0.3) is 6.08 Å². The van der Waals surface area contributed by atoms with Gasteiger partial charge in [0.25, 0.3) is 5.91 Å². The minimum absolute atomic E-state index is 0.0249. The van der Waals surface area contributed by atoms with E-state index in [0.29, 0.717) is 21.5 Å². The van der Waals surface area contributed by atoms with Crippen LogP contribution >= 0.6 is 27.5 Å². The number of aryl methyl sites for hydroxylation is 1. The zero-order valence-electron chi connectivity index (χ0n) is 20.1. The molecular weight excluding hydrogens is 568 g/mol. The van der Waals surface area contributed by atoms with Crippen molar-refractivity contribution in [3.8, 4) is 11.5 Å². The highest BCUT2D eigenvalue weighted by molar-refractivity contribution is 9.10. The van der Waals surface area contributed by atoms with Crippen molar-refractivity contribution in [1.82, 2.24) is 10.2 Å². The largest absolute Gasteiger partial charge is 0.493 e. The lowest BCUT2D eigenvalue weighted by Crippen LogP contribution is -2.30. The van der Waals surface area contributed by atoms with Crippen molar-refractivity contribution in [3.63, 3.8) is 0 Å². The van der Waals surface area contributed by atoms with E-state index in [2.05, 4.69) is 26.0 Å². The molecule has 192 valence electrons. The number of furan rings is 1. The van der Waals surface area contributed by atoms with Crippen molar-refractivity contribution in [1.29, 1.82) is 0 Å². The summed E-state index contributed by atoms with van der Waals surface area (Å²) in [5, 5.41) is 2.79. The molecule has 0 aliphatic carbocycles. The van der Waals surface area contributed by atoms with Crippen LogP contribution in [0.4, 0.5) is 4.79 Å². The molecule has 9 nitrogen and oxygen atoms in total. The van der Waals surface area contributed by atoms with Gasteiger partial charge in [-0.2, -0.15) is 0 Å². The first-order valence-electron chi connectivity index (χ1n) is 11.0. The number of carbonyl (C=O) groups is 3. The van der Waals surface area contributed by atoms with Crippen molar-refractivity contribution >= 4 is 51.5 Å². The summed E-state index contributed by atoms with van der Waals surface area (Å²) in [5.74, 6) is -0.344. The molecule has 1 aromatic heterocycles. The number of nitrogens with zero attached hydrogens (tertiary/aromatic N) is 1. The van der Waals surface area contributed by atoms with Gasteiger partial charge in [0, 0.05) is 4.47 Å². The number of esters is 1. The maximum absolute atomic E-state index is 13.0. The molecular formula is C26H22BrClN2O7. The first-order valence-corrected chi connectivity index (χ1v) is 12.1. The average Bonchev–Trinajstić information content (AvgIpc) is 3.47. The van der Waals surface area contributed by atoms with E-state index in [-0.39, 0.29) is 35.4 Å². The Balaban J connectivity index is 1.55. The Hall–Kier alpha value is -3.76. The van der Waals surface area contributed by atoms with E-state index in [1.54, 1.807) is 6.07 Å². The number of nitrogens with one attached hydrogen (secondary N) is 1. The maximum Gasteiger partial charge on any atom is 0.373 e. The quantitative estimate of drug-likeness (QED) is 0.211. The van der Waals surface area contributed by atoms with Crippen LogP contribution < -0.4 is 14.8 Å². The van der Waals surface area contributed by atoms with Gasteiger partial charge in [-0.3, -0.25) is 9.69 Å². The molecule has 37 heavy (non-hydrogen) atoms. The topological polar surface area (TPSA) is 107 Å². The zero-order valence-corrected chi connectivity index (χ0v) is 22.4. The second kappa shape index (κ2) is 11.1. The number of urea groups is 1. The Morgan fingerprint density at radius 2 is 1.89 bits per heavy atom.